The summed E-state index contributed by atoms with van der Waals surface area (Å²) in [5.74, 6) is 0.786. The Morgan fingerprint density at radius 2 is 2.07 bits per heavy atom. The highest BCUT2D eigenvalue weighted by molar-refractivity contribution is 5.79. The summed E-state index contributed by atoms with van der Waals surface area (Å²) in [6.07, 6.45) is 3.57. The molecular weight excluding hydrogens is 176 g/mol. The van der Waals surface area contributed by atoms with Gasteiger partial charge in [0.25, 0.3) is 0 Å². The van der Waals surface area contributed by atoms with Gasteiger partial charge in [0, 0.05) is 26.5 Å². The van der Waals surface area contributed by atoms with E-state index in [9.17, 15) is 0 Å². The number of nitrogens with zero attached hydrogens (tertiary/aromatic N) is 2. The van der Waals surface area contributed by atoms with Crippen LogP contribution in [0.15, 0.2) is 29.5 Å². The van der Waals surface area contributed by atoms with Gasteiger partial charge in [0.1, 0.15) is 0 Å². The number of hydrogen-bond acceptors (Lipinski definition) is 2. The third-order valence-corrected chi connectivity index (χ3v) is 2.02. The smallest absolute Gasteiger partial charge is 0.191 e. The molecule has 0 aliphatic rings. The molecule has 1 aromatic heterocycles. The van der Waals surface area contributed by atoms with E-state index >= 15 is 0 Å². The average Bonchev–Trinajstić information content (AvgIpc) is 2.26. The molecular formula is C10H16N4. The molecule has 1 atom stereocenters. The molecule has 0 saturated heterocycles. The molecule has 1 rings (SSSR count). The van der Waals surface area contributed by atoms with Gasteiger partial charge in [0.2, 0.25) is 0 Å². The van der Waals surface area contributed by atoms with Gasteiger partial charge >= 0.3 is 0 Å². The van der Waals surface area contributed by atoms with Crippen LogP contribution in [-0.2, 0) is 0 Å². The molecule has 4 nitrogen and oxygen atoms in total. The Hall–Kier alpha value is -1.58. The van der Waals surface area contributed by atoms with Crippen molar-refractivity contribution in [1.29, 1.82) is 0 Å². The maximum atomic E-state index is 4.05. The van der Waals surface area contributed by atoms with Crippen LogP contribution in [0, 0.1) is 0 Å². The molecule has 1 aromatic rings. The van der Waals surface area contributed by atoms with Crippen LogP contribution in [0.4, 0.5) is 0 Å². The first-order valence-electron chi connectivity index (χ1n) is 4.59. The third-order valence-electron chi connectivity index (χ3n) is 2.02. The molecule has 0 aliphatic carbocycles. The zero-order valence-corrected chi connectivity index (χ0v) is 8.78. The van der Waals surface area contributed by atoms with E-state index in [1.807, 2.05) is 19.2 Å². The third kappa shape index (κ3) is 2.73. The van der Waals surface area contributed by atoms with Gasteiger partial charge in [-0.3, -0.25) is 9.98 Å². The van der Waals surface area contributed by atoms with E-state index < -0.39 is 0 Å². The summed E-state index contributed by atoms with van der Waals surface area (Å²) in [4.78, 5) is 8.02. The van der Waals surface area contributed by atoms with Gasteiger partial charge in [-0.25, -0.2) is 0 Å². The van der Waals surface area contributed by atoms with Crippen molar-refractivity contribution in [2.45, 2.75) is 13.0 Å². The van der Waals surface area contributed by atoms with Gasteiger partial charge in [-0.05, 0) is 24.6 Å². The fraction of sp³-hybridized carbons (Fsp3) is 0.400. The van der Waals surface area contributed by atoms with Crippen LogP contribution >= 0.6 is 0 Å². The summed E-state index contributed by atoms with van der Waals surface area (Å²) in [6.45, 7) is 2.08. The zero-order valence-electron chi connectivity index (χ0n) is 8.78. The molecule has 1 unspecified atom stereocenters. The van der Waals surface area contributed by atoms with Crippen molar-refractivity contribution < 1.29 is 0 Å². The molecule has 76 valence electrons. The first-order chi connectivity index (χ1) is 6.77. The second-order valence-electron chi connectivity index (χ2n) is 2.97. The Balaban J connectivity index is 2.63. The van der Waals surface area contributed by atoms with E-state index in [-0.39, 0.29) is 6.04 Å². The normalized spacial score (nSPS) is 13.5. The van der Waals surface area contributed by atoms with Crippen LogP contribution in [0.25, 0.3) is 0 Å². The first-order valence-corrected chi connectivity index (χ1v) is 4.59. The average molecular weight is 192 g/mol. The summed E-state index contributed by atoms with van der Waals surface area (Å²) in [5, 5.41) is 6.22. The summed E-state index contributed by atoms with van der Waals surface area (Å²) in [5.41, 5.74) is 1.19. The van der Waals surface area contributed by atoms with Crippen molar-refractivity contribution >= 4 is 5.96 Å². The second kappa shape index (κ2) is 5.21. The summed E-state index contributed by atoms with van der Waals surface area (Å²) >= 11 is 0. The molecule has 0 aliphatic heterocycles. The van der Waals surface area contributed by atoms with Gasteiger partial charge < -0.3 is 10.6 Å². The highest BCUT2D eigenvalue weighted by atomic mass is 15.2. The lowest BCUT2D eigenvalue weighted by Crippen LogP contribution is -2.36. The van der Waals surface area contributed by atoms with Crippen LogP contribution in [0.2, 0.25) is 0 Å². The molecule has 0 spiro atoms. The molecule has 1 heterocycles. The lowest BCUT2D eigenvalue weighted by molar-refractivity contribution is 0.697. The number of rotatable bonds is 2. The van der Waals surface area contributed by atoms with Crippen molar-refractivity contribution in [3.05, 3.63) is 30.1 Å². The van der Waals surface area contributed by atoms with E-state index in [1.165, 1.54) is 5.56 Å². The molecule has 0 saturated carbocycles. The number of pyridine rings is 1. The summed E-state index contributed by atoms with van der Waals surface area (Å²) in [6, 6.07) is 4.20. The Kier molecular flexibility index (Phi) is 3.91. The van der Waals surface area contributed by atoms with Crippen molar-refractivity contribution in [2.24, 2.45) is 4.99 Å². The number of aromatic nitrogens is 1. The number of nitrogens with one attached hydrogen (secondary N) is 2. The highest BCUT2D eigenvalue weighted by Crippen LogP contribution is 2.09. The van der Waals surface area contributed by atoms with Crippen LogP contribution in [0.1, 0.15) is 18.5 Å². The van der Waals surface area contributed by atoms with Crippen LogP contribution < -0.4 is 10.6 Å². The molecule has 14 heavy (non-hydrogen) atoms. The monoisotopic (exact) mass is 192 g/mol. The van der Waals surface area contributed by atoms with E-state index in [4.69, 9.17) is 0 Å². The van der Waals surface area contributed by atoms with Crippen molar-refractivity contribution in [3.63, 3.8) is 0 Å². The lowest BCUT2D eigenvalue weighted by atomic mass is 10.1. The topological polar surface area (TPSA) is 49.3 Å². The molecule has 4 heteroatoms. The Labute approximate surface area is 84.5 Å². The maximum absolute atomic E-state index is 4.05. The molecule has 2 N–H and O–H groups in total. The minimum absolute atomic E-state index is 0.226. The summed E-state index contributed by atoms with van der Waals surface area (Å²) < 4.78 is 0. The summed E-state index contributed by atoms with van der Waals surface area (Å²) in [7, 11) is 3.59. The van der Waals surface area contributed by atoms with E-state index in [1.54, 1.807) is 19.4 Å². The molecule has 0 fully saturated rings. The molecule has 0 amide bonds. The van der Waals surface area contributed by atoms with Gasteiger partial charge in [-0.15, -0.1) is 0 Å². The molecule has 0 radical (unpaired) electrons. The van der Waals surface area contributed by atoms with Crippen LogP contribution in [0.3, 0.4) is 0 Å². The number of aliphatic imine (C=N–C) groups is 1. The van der Waals surface area contributed by atoms with E-state index in [0.717, 1.165) is 5.96 Å². The fourth-order valence-corrected chi connectivity index (χ4v) is 1.19. The highest BCUT2D eigenvalue weighted by Gasteiger charge is 2.05. The fourth-order valence-electron chi connectivity index (χ4n) is 1.19. The SMILES string of the molecule is CN=C(NC)NC(C)c1ccncc1. The van der Waals surface area contributed by atoms with Crippen molar-refractivity contribution in [2.75, 3.05) is 14.1 Å². The van der Waals surface area contributed by atoms with Gasteiger partial charge in [0.05, 0.1) is 6.04 Å². The Morgan fingerprint density at radius 3 is 2.57 bits per heavy atom. The molecule has 0 aromatic carbocycles. The zero-order chi connectivity index (χ0) is 10.4. The van der Waals surface area contributed by atoms with E-state index in [0.29, 0.717) is 0 Å². The minimum Gasteiger partial charge on any atom is -0.359 e. The van der Waals surface area contributed by atoms with E-state index in [2.05, 4.69) is 27.5 Å². The van der Waals surface area contributed by atoms with Gasteiger partial charge in [-0.2, -0.15) is 0 Å². The standard InChI is InChI=1S/C10H16N4/c1-8(14-10(11-2)12-3)9-4-6-13-7-5-9/h4-8H,1-3H3,(H2,11,12,14). The Bertz CT molecular complexity index is 294. The number of guanidine groups is 1. The number of hydrogen-bond donors (Lipinski definition) is 2. The van der Waals surface area contributed by atoms with Gasteiger partial charge in [0.15, 0.2) is 5.96 Å². The quantitative estimate of drug-likeness (QED) is 0.541. The maximum Gasteiger partial charge on any atom is 0.191 e. The predicted molar refractivity (Wildman–Crippen MR) is 58.2 cm³/mol. The van der Waals surface area contributed by atoms with Crippen molar-refractivity contribution in [3.8, 4) is 0 Å². The second-order valence-corrected chi connectivity index (χ2v) is 2.97. The molecule has 0 bridgehead atoms. The minimum atomic E-state index is 0.226. The largest absolute Gasteiger partial charge is 0.359 e. The Morgan fingerprint density at radius 1 is 1.43 bits per heavy atom. The van der Waals surface area contributed by atoms with Gasteiger partial charge in [-0.1, -0.05) is 0 Å². The van der Waals surface area contributed by atoms with Crippen LogP contribution in [-0.4, -0.2) is 25.0 Å². The first kappa shape index (κ1) is 10.5. The van der Waals surface area contributed by atoms with Crippen molar-refractivity contribution in [1.82, 2.24) is 15.6 Å². The van der Waals surface area contributed by atoms with Crippen LogP contribution in [0.5, 0.6) is 0 Å². The predicted octanol–water partition coefficient (Wildman–Crippen LogP) is 0.937. The lowest BCUT2D eigenvalue weighted by Gasteiger charge is -2.16.